The fourth-order valence-corrected chi connectivity index (χ4v) is 4.57. The fourth-order valence-electron chi connectivity index (χ4n) is 4.09. The van der Waals surface area contributed by atoms with Crippen LogP contribution in [0.1, 0.15) is 41.7 Å². The summed E-state index contributed by atoms with van der Waals surface area (Å²) < 4.78 is 1.73. The van der Waals surface area contributed by atoms with Crippen LogP contribution >= 0.6 is 23.2 Å². The lowest BCUT2D eigenvalue weighted by Gasteiger charge is -2.27. The van der Waals surface area contributed by atoms with Crippen LogP contribution in [0.5, 0.6) is 0 Å². The molecule has 0 aliphatic heterocycles. The van der Waals surface area contributed by atoms with Gasteiger partial charge in [0.1, 0.15) is 0 Å². The first kappa shape index (κ1) is 20.9. The molecule has 0 spiro atoms. The molecule has 1 saturated carbocycles. The Morgan fingerprint density at radius 3 is 2.63 bits per heavy atom. The monoisotopic (exact) mass is 442 g/mol. The largest absolute Gasteiger partial charge is 0.348 e. The lowest BCUT2D eigenvalue weighted by molar-refractivity contribution is 0.0919. The minimum absolute atomic E-state index is 0.0742. The SMILES string of the molecule is Cc1c(C(=O)NC2CCCC(N)C2)nn(-c2ccc(Cl)cc2Cl)c1-c1ccccc1. The summed E-state index contributed by atoms with van der Waals surface area (Å²) in [4.78, 5) is 13.1. The molecule has 5 nitrogen and oxygen atoms in total. The van der Waals surface area contributed by atoms with E-state index in [9.17, 15) is 4.79 Å². The highest BCUT2D eigenvalue weighted by atomic mass is 35.5. The Bertz CT molecular complexity index is 1060. The first-order valence-electron chi connectivity index (χ1n) is 10.1. The zero-order valence-electron chi connectivity index (χ0n) is 16.7. The van der Waals surface area contributed by atoms with Gasteiger partial charge in [-0.05, 0) is 50.8 Å². The number of amides is 1. The molecule has 1 aromatic heterocycles. The smallest absolute Gasteiger partial charge is 0.272 e. The minimum Gasteiger partial charge on any atom is -0.348 e. The quantitative estimate of drug-likeness (QED) is 0.586. The molecular formula is C23H24Cl2N4O. The molecule has 7 heteroatoms. The van der Waals surface area contributed by atoms with Gasteiger partial charge in [-0.15, -0.1) is 0 Å². The summed E-state index contributed by atoms with van der Waals surface area (Å²) in [6.45, 7) is 1.91. The molecule has 2 unspecified atom stereocenters. The molecule has 0 bridgehead atoms. The minimum atomic E-state index is -0.187. The molecule has 2 aromatic carbocycles. The Balaban J connectivity index is 1.77. The van der Waals surface area contributed by atoms with Crippen molar-refractivity contribution in [3.63, 3.8) is 0 Å². The predicted molar refractivity (Wildman–Crippen MR) is 121 cm³/mol. The molecule has 1 fully saturated rings. The zero-order valence-corrected chi connectivity index (χ0v) is 18.2. The van der Waals surface area contributed by atoms with Crippen LogP contribution < -0.4 is 11.1 Å². The maximum atomic E-state index is 13.1. The van der Waals surface area contributed by atoms with Crippen LogP contribution in [-0.4, -0.2) is 27.8 Å². The van der Waals surface area contributed by atoms with Crippen LogP contribution in [-0.2, 0) is 0 Å². The number of benzene rings is 2. The highest BCUT2D eigenvalue weighted by Gasteiger charge is 2.26. The maximum absolute atomic E-state index is 13.1. The number of halogens is 2. The first-order chi connectivity index (χ1) is 14.4. The fraction of sp³-hybridized carbons (Fsp3) is 0.304. The topological polar surface area (TPSA) is 72.9 Å². The maximum Gasteiger partial charge on any atom is 0.272 e. The van der Waals surface area contributed by atoms with Crippen molar-refractivity contribution in [2.75, 3.05) is 0 Å². The van der Waals surface area contributed by atoms with Gasteiger partial charge in [-0.1, -0.05) is 53.5 Å². The summed E-state index contributed by atoms with van der Waals surface area (Å²) >= 11 is 12.6. The van der Waals surface area contributed by atoms with Gasteiger partial charge in [-0.25, -0.2) is 4.68 Å². The lowest BCUT2D eigenvalue weighted by atomic mass is 9.91. The average molecular weight is 443 g/mol. The van der Waals surface area contributed by atoms with Crippen molar-refractivity contribution in [1.29, 1.82) is 0 Å². The van der Waals surface area contributed by atoms with Gasteiger partial charge in [-0.2, -0.15) is 5.10 Å². The van der Waals surface area contributed by atoms with Crippen LogP contribution in [0, 0.1) is 6.92 Å². The summed E-state index contributed by atoms with van der Waals surface area (Å²) in [5.74, 6) is -0.187. The molecule has 30 heavy (non-hydrogen) atoms. The average Bonchev–Trinajstić information content (AvgIpc) is 3.05. The number of carbonyl (C=O) groups excluding carboxylic acids is 1. The summed E-state index contributed by atoms with van der Waals surface area (Å²) in [5.41, 5.74) is 9.71. The van der Waals surface area contributed by atoms with Crippen LogP contribution in [0.3, 0.4) is 0 Å². The molecule has 3 aromatic rings. The number of hydrogen-bond donors (Lipinski definition) is 2. The van der Waals surface area contributed by atoms with Gasteiger partial charge < -0.3 is 11.1 Å². The molecule has 3 N–H and O–H groups in total. The molecule has 1 aliphatic carbocycles. The molecule has 1 heterocycles. The standard InChI is InChI=1S/C23H24Cl2N4O/c1-14-21(23(30)27-18-9-5-8-17(26)13-18)28-29(20-11-10-16(24)12-19(20)25)22(14)15-6-3-2-4-7-15/h2-4,6-7,10-12,17-18H,5,8-9,13,26H2,1H3,(H,27,30). The lowest BCUT2D eigenvalue weighted by Crippen LogP contribution is -2.42. The Kier molecular flexibility index (Phi) is 6.14. The van der Waals surface area contributed by atoms with E-state index in [1.165, 1.54) is 0 Å². The van der Waals surface area contributed by atoms with E-state index in [1.54, 1.807) is 16.8 Å². The molecular weight excluding hydrogens is 419 g/mol. The number of hydrogen-bond acceptors (Lipinski definition) is 3. The first-order valence-corrected chi connectivity index (χ1v) is 10.9. The summed E-state index contributed by atoms with van der Waals surface area (Å²) in [5, 5.41) is 8.81. The van der Waals surface area contributed by atoms with Crippen molar-refractivity contribution in [1.82, 2.24) is 15.1 Å². The van der Waals surface area contributed by atoms with E-state index in [1.807, 2.05) is 43.3 Å². The molecule has 2 atom stereocenters. The third-order valence-corrected chi connectivity index (χ3v) is 6.11. The zero-order chi connectivity index (χ0) is 21.3. The molecule has 0 radical (unpaired) electrons. The number of nitrogens with two attached hydrogens (primary N) is 1. The van der Waals surface area contributed by atoms with Crippen LogP contribution in [0.15, 0.2) is 48.5 Å². The van der Waals surface area contributed by atoms with Gasteiger partial charge in [-0.3, -0.25) is 4.79 Å². The van der Waals surface area contributed by atoms with E-state index in [-0.39, 0.29) is 18.0 Å². The Morgan fingerprint density at radius 1 is 1.17 bits per heavy atom. The summed E-state index contributed by atoms with van der Waals surface area (Å²) in [6.07, 6.45) is 3.76. The van der Waals surface area contributed by atoms with Gasteiger partial charge in [0.05, 0.1) is 16.4 Å². The van der Waals surface area contributed by atoms with E-state index in [4.69, 9.17) is 28.9 Å². The second-order valence-electron chi connectivity index (χ2n) is 7.79. The van der Waals surface area contributed by atoms with Gasteiger partial charge in [0.2, 0.25) is 0 Å². The van der Waals surface area contributed by atoms with Gasteiger partial charge in [0.25, 0.3) is 5.91 Å². The van der Waals surface area contributed by atoms with E-state index in [2.05, 4.69) is 10.4 Å². The van der Waals surface area contributed by atoms with Crippen LogP contribution in [0.2, 0.25) is 10.0 Å². The number of aromatic nitrogens is 2. The summed E-state index contributed by atoms with van der Waals surface area (Å²) in [6, 6.07) is 15.3. The van der Waals surface area contributed by atoms with Crippen molar-refractivity contribution in [2.24, 2.45) is 5.73 Å². The Morgan fingerprint density at radius 2 is 1.93 bits per heavy atom. The molecule has 1 aliphatic rings. The molecule has 4 rings (SSSR count). The van der Waals surface area contributed by atoms with Gasteiger partial charge in [0, 0.05) is 28.2 Å². The number of nitrogens with one attached hydrogen (secondary N) is 1. The normalized spacial score (nSPS) is 18.9. The third kappa shape index (κ3) is 4.24. The van der Waals surface area contributed by atoms with Crippen molar-refractivity contribution >= 4 is 29.1 Å². The van der Waals surface area contributed by atoms with Crippen molar-refractivity contribution in [3.05, 3.63) is 69.8 Å². The summed E-state index contributed by atoms with van der Waals surface area (Å²) in [7, 11) is 0. The van der Waals surface area contributed by atoms with E-state index in [0.717, 1.165) is 42.5 Å². The van der Waals surface area contributed by atoms with Gasteiger partial charge >= 0.3 is 0 Å². The van der Waals surface area contributed by atoms with E-state index in [0.29, 0.717) is 21.4 Å². The molecule has 1 amide bonds. The number of nitrogens with zero attached hydrogens (tertiary/aromatic N) is 2. The van der Waals surface area contributed by atoms with E-state index >= 15 is 0 Å². The second-order valence-corrected chi connectivity index (χ2v) is 8.64. The third-order valence-electron chi connectivity index (χ3n) is 5.57. The van der Waals surface area contributed by atoms with Crippen molar-refractivity contribution in [2.45, 2.75) is 44.7 Å². The van der Waals surface area contributed by atoms with E-state index < -0.39 is 0 Å². The van der Waals surface area contributed by atoms with Crippen LogP contribution in [0.25, 0.3) is 16.9 Å². The van der Waals surface area contributed by atoms with Crippen LogP contribution in [0.4, 0.5) is 0 Å². The van der Waals surface area contributed by atoms with Crippen molar-refractivity contribution in [3.8, 4) is 16.9 Å². The Labute approximate surface area is 186 Å². The second kappa shape index (κ2) is 8.80. The highest BCUT2D eigenvalue weighted by molar-refractivity contribution is 6.35. The molecule has 0 saturated heterocycles. The van der Waals surface area contributed by atoms with Crippen molar-refractivity contribution < 1.29 is 4.79 Å². The molecule has 156 valence electrons. The highest BCUT2D eigenvalue weighted by Crippen LogP contribution is 2.32. The van der Waals surface area contributed by atoms with Gasteiger partial charge in [0.15, 0.2) is 5.69 Å². The predicted octanol–water partition coefficient (Wildman–Crippen LogP) is 5.15. The number of carbonyl (C=O) groups is 1. The number of rotatable bonds is 4. The Hall–Kier alpha value is -2.34.